The van der Waals surface area contributed by atoms with Crippen molar-refractivity contribution < 1.29 is 27.9 Å². The molecule has 0 radical (unpaired) electrons. The molecule has 11 nitrogen and oxygen atoms in total. The number of fused-ring (bicyclic) bond motifs is 1. The van der Waals surface area contributed by atoms with Crippen molar-refractivity contribution in [3.8, 4) is 0 Å². The normalized spacial score (nSPS) is 19.6. The van der Waals surface area contributed by atoms with E-state index < -0.39 is 52.2 Å². The molecule has 1 saturated carbocycles. The topological polar surface area (TPSA) is 176 Å². The van der Waals surface area contributed by atoms with E-state index in [0.717, 1.165) is 23.6 Å². The van der Waals surface area contributed by atoms with Gasteiger partial charge in [-0.15, -0.1) is 0 Å². The first-order valence-electron chi connectivity index (χ1n) is 12.9. The molecular formula is C26H35N5O6S. The SMILES string of the molecule is NCCN(C(=O)C(CC(=O)[C@@H](N)[C@H]1CCCN(C(=O)O)C1)NS(=O)(=O)c1ccc2ccccc2c1)C1CC1. The average molecular weight is 546 g/mol. The lowest BCUT2D eigenvalue weighted by atomic mass is 9.87. The van der Waals surface area contributed by atoms with Gasteiger partial charge in [0.15, 0.2) is 5.78 Å². The van der Waals surface area contributed by atoms with Crippen LogP contribution in [-0.2, 0) is 19.6 Å². The molecule has 1 aliphatic carbocycles. The second-order valence-electron chi connectivity index (χ2n) is 10.1. The van der Waals surface area contributed by atoms with Crippen LogP contribution < -0.4 is 16.2 Å². The third-order valence-electron chi connectivity index (χ3n) is 7.28. The minimum atomic E-state index is -4.17. The lowest BCUT2D eigenvalue weighted by molar-refractivity contribution is -0.136. The molecule has 3 atom stereocenters. The van der Waals surface area contributed by atoms with Gasteiger partial charge in [0.05, 0.1) is 10.9 Å². The summed E-state index contributed by atoms with van der Waals surface area (Å²) < 4.78 is 29.3. The van der Waals surface area contributed by atoms with Crippen molar-refractivity contribution in [2.75, 3.05) is 26.2 Å². The monoisotopic (exact) mass is 545 g/mol. The van der Waals surface area contributed by atoms with Crippen LogP contribution in [0.1, 0.15) is 32.1 Å². The van der Waals surface area contributed by atoms with Gasteiger partial charge in [0, 0.05) is 38.6 Å². The maximum atomic E-state index is 13.6. The summed E-state index contributed by atoms with van der Waals surface area (Å²) in [6.07, 6.45) is 1.20. The van der Waals surface area contributed by atoms with Crippen molar-refractivity contribution in [1.29, 1.82) is 0 Å². The Morgan fingerprint density at radius 1 is 1.11 bits per heavy atom. The Labute approximate surface area is 222 Å². The fraction of sp³-hybridized carbons (Fsp3) is 0.500. The van der Waals surface area contributed by atoms with Gasteiger partial charge in [0.25, 0.3) is 0 Å². The summed E-state index contributed by atoms with van der Waals surface area (Å²) in [5, 5.41) is 10.9. The summed E-state index contributed by atoms with van der Waals surface area (Å²) in [6, 6.07) is 9.55. The van der Waals surface area contributed by atoms with E-state index in [-0.39, 0.29) is 30.6 Å². The van der Waals surface area contributed by atoms with E-state index in [2.05, 4.69) is 4.72 Å². The van der Waals surface area contributed by atoms with Gasteiger partial charge in [-0.05, 0) is 54.5 Å². The number of hydrogen-bond acceptors (Lipinski definition) is 7. The predicted molar refractivity (Wildman–Crippen MR) is 142 cm³/mol. The van der Waals surface area contributed by atoms with E-state index in [1.165, 1.54) is 17.0 Å². The fourth-order valence-electron chi connectivity index (χ4n) is 5.04. The van der Waals surface area contributed by atoms with Crippen LogP contribution in [0.25, 0.3) is 10.8 Å². The minimum absolute atomic E-state index is 0.0214. The maximum absolute atomic E-state index is 13.6. The number of nitrogens with one attached hydrogen (secondary N) is 1. The van der Waals surface area contributed by atoms with E-state index in [4.69, 9.17) is 11.5 Å². The van der Waals surface area contributed by atoms with Gasteiger partial charge in [-0.2, -0.15) is 4.72 Å². The average Bonchev–Trinajstić information content (AvgIpc) is 3.75. The van der Waals surface area contributed by atoms with Crippen molar-refractivity contribution in [2.24, 2.45) is 17.4 Å². The maximum Gasteiger partial charge on any atom is 0.407 e. The van der Waals surface area contributed by atoms with Crippen molar-refractivity contribution >= 4 is 38.6 Å². The summed E-state index contributed by atoms with van der Waals surface area (Å²) in [5.74, 6) is -1.42. The lowest BCUT2D eigenvalue weighted by Crippen LogP contribution is -2.54. The molecule has 6 N–H and O–H groups in total. The molecule has 1 aliphatic heterocycles. The number of carboxylic acid groups (broad SMARTS) is 1. The number of nitrogens with zero attached hydrogens (tertiary/aromatic N) is 2. The summed E-state index contributed by atoms with van der Waals surface area (Å²) >= 11 is 0. The number of Topliss-reactive ketones (excluding diaryl/α,β-unsaturated/α-hetero) is 1. The number of likely N-dealkylation sites (tertiary alicyclic amines) is 1. The van der Waals surface area contributed by atoms with Crippen LogP contribution in [-0.4, -0.2) is 85.4 Å². The number of carbonyl (C=O) groups excluding carboxylic acids is 2. The Hall–Kier alpha value is -3.06. The first kappa shape index (κ1) is 28.0. The van der Waals surface area contributed by atoms with Gasteiger partial charge in [-0.3, -0.25) is 9.59 Å². The number of nitrogens with two attached hydrogens (primary N) is 2. The zero-order valence-corrected chi connectivity index (χ0v) is 22.0. The molecule has 1 saturated heterocycles. The van der Waals surface area contributed by atoms with Gasteiger partial charge in [0.2, 0.25) is 15.9 Å². The number of benzene rings is 2. The third kappa shape index (κ3) is 6.49. The third-order valence-corrected chi connectivity index (χ3v) is 8.75. The Balaban J connectivity index is 1.57. The molecule has 12 heteroatoms. The summed E-state index contributed by atoms with van der Waals surface area (Å²) in [6.45, 7) is 0.932. The van der Waals surface area contributed by atoms with E-state index in [1.807, 2.05) is 12.1 Å². The highest BCUT2D eigenvalue weighted by Crippen LogP contribution is 2.28. The number of hydrogen-bond donors (Lipinski definition) is 4. The molecule has 1 unspecified atom stereocenters. The van der Waals surface area contributed by atoms with Crippen LogP contribution in [0.2, 0.25) is 0 Å². The number of carbonyl (C=O) groups is 3. The molecule has 2 aromatic carbocycles. The molecule has 38 heavy (non-hydrogen) atoms. The quantitative estimate of drug-likeness (QED) is 0.325. The number of rotatable bonds is 11. The van der Waals surface area contributed by atoms with E-state index in [0.29, 0.717) is 19.4 Å². The predicted octanol–water partition coefficient (Wildman–Crippen LogP) is 1.11. The zero-order chi connectivity index (χ0) is 27.4. The van der Waals surface area contributed by atoms with Crippen LogP contribution in [0.4, 0.5) is 4.79 Å². The number of piperidine rings is 1. The standard InChI is InChI=1S/C26H35N5O6S/c27-11-13-31(20-8-9-20)25(33)22(15-23(32)24(28)19-6-3-12-30(16-19)26(34)35)29-38(36,37)21-10-7-17-4-1-2-5-18(17)14-21/h1-2,4-5,7,10,14,19-20,22,24,29H,3,6,8-9,11-13,15-16,27-28H2,(H,34,35)/t19-,22?,24-/m0/s1. The fourth-order valence-corrected chi connectivity index (χ4v) is 6.27. The Kier molecular flexibility index (Phi) is 8.66. The minimum Gasteiger partial charge on any atom is -0.465 e. The first-order chi connectivity index (χ1) is 18.1. The first-order valence-corrected chi connectivity index (χ1v) is 14.4. The summed E-state index contributed by atoms with van der Waals surface area (Å²) in [4.78, 5) is 41.0. The number of amides is 2. The Morgan fingerprint density at radius 3 is 2.47 bits per heavy atom. The molecule has 1 heterocycles. The van der Waals surface area contributed by atoms with Gasteiger partial charge in [-0.1, -0.05) is 30.3 Å². The van der Waals surface area contributed by atoms with Crippen LogP contribution in [0.15, 0.2) is 47.4 Å². The molecule has 0 bridgehead atoms. The van der Waals surface area contributed by atoms with Crippen LogP contribution in [0, 0.1) is 5.92 Å². The van der Waals surface area contributed by atoms with Crippen molar-refractivity contribution in [1.82, 2.24) is 14.5 Å². The molecule has 0 aromatic heterocycles. The van der Waals surface area contributed by atoms with Gasteiger partial charge < -0.3 is 26.4 Å². The molecule has 0 spiro atoms. The highest BCUT2D eigenvalue weighted by molar-refractivity contribution is 7.89. The largest absolute Gasteiger partial charge is 0.465 e. The summed E-state index contributed by atoms with van der Waals surface area (Å²) in [7, 11) is -4.17. The smallest absolute Gasteiger partial charge is 0.407 e. The van der Waals surface area contributed by atoms with Crippen LogP contribution in [0.5, 0.6) is 0 Å². The molecule has 2 amide bonds. The van der Waals surface area contributed by atoms with Crippen molar-refractivity contribution in [2.45, 2.75) is 55.1 Å². The lowest BCUT2D eigenvalue weighted by Gasteiger charge is -2.34. The van der Waals surface area contributed by atoms with E-state index in [9.17, 15) is 27.9 Å². The molecule has 4 rings (SSSR count). The second-order valence-corrected chi connectivity index (χ2v) is 11.8. The number of ketones is 1. The zero-order valence-electron chi connectivity index (χ0n) is 21.2. The molecule has 2 aliphatic rings. The molecular weight excluding hydrogens is 510 g/mol. The molecule has 2 aromatic rings. The number of sulfonamides is 1. The van der Waals surface area contributed by atoms with Crippen LogP contribution >= 0.6 is 0 Å². The highest BCUT2D eigenvalue weighted by atomic mass is 32.2. The van der Waals surface area contributed by atoms with Crippen molar-refractivity contribution in [3.63, 3.8) is 0 Å². The van der Waals surface area contributed by atoms with Gasteiger partial charge in [-0.25, -0.2) is 13.2 Å². The van der Waals surface area contributed by atoms with E-state index >= 15 is 0 Å². The van der Waals surface area contributed by atoms with Gasteiger partial charge >= 0.3 is 6.09 Å². The second kappa shape index (κ2) is 11.8. The molecule has 2 fully saturated rings. The Morgan fingerprint density at radius 2 is 1.82 bits per heavy atom. The van der Waals surface area contributed by atoms with Crippen molar-refractivity contribution in [3.05, 3.63) is 42.5 Å². The van der Waals surface area contributed by atoms with Gasteiger partial charge in [0.1, 0.15) is 6.04 Å². The van der Waals surface area contributed by atoms with E-state index in [1.54, 1.807) is 23.1 Å². The summed E-state index contributed by atoms with van der Waals surface area (Å²) in [5.41, 5.74) is 12.0. The van der Waals surface area contributed by atoms with Crippen LogP contribution in [0.3, 0.4) is 0 Å². The highest BCUT2D eigenvalue weighted by Gasteiger charge is 2.39. The Bertz CT molecular complexity index is 1300. The molecule has 206 valence electrons.